The van der Waals surface area contributed by atoms with Crippen molar-refractivity contribution in [1.29, 1.82) is 0 Å². The Morgan fingerprint density at radius 3 is 2.64 bits per heavy atom. The van der Waals surface area contributed by atoms with E-state index in [1.807, 2.05) is 0 Å². The third kappa shape index (κ3) is 2.16. The highest BCUT2D eigenvalue weighted by Crippen LogP contribution is 2.30. The molecule has 0 bridgehead atoms. The number of benzene rings is 1. The van der Waals surface area contributed by atoms with Crippen molar-refractivity contribution in [2.75, 3.05) is 12.0 Å². The minimum Gasteiger partial charge on any atom is -0.352 e. The van der Waals surface area contributed by atoms with Crippen LogP contribution < -0.4 is 5.32 Å². The molecule has 1 N–H and O–H groups in total. The lowest BCUT2D eigenvalue weighted by Gasteiger charge is -2.14. The number of fused-ring (bicyclic) bond motifs is 1. The van der Waals surface area contributed by atoms with Crippen LogP contribution >= 0.6 is 0 Å². The summed E-state index contributed by atoms with van der Waals surface area (Å²) in [5.74, 6) is -0.753. The minimum atomic E-state index is -0.685. The van der Waals surface area contributed by atoms with Crippen LogP contribution in [0.5, 0.6) is 0 Å². The van der Waals surface area contributed by atoms with Crippen molar-refractivity contribution in [1.82, 2.24) is 9.88 Å². The molecule has 0 aliphatic carbocycles. The monoisotopic (exact) mass is 298 g/mol. The number of carbonyl (C=O) groups is 2. The quantitative estimate of drug-likeness (QED) is 0.522. The lowest BCUT2D eigenvalue weighted by molar-refractivity contribution is -0.385. The zero-order chi connectivity index (χ0) is 15.7. The zero-order valence-corrected chi connectivity index (χ0v) is 11.2. The van der Waals surface area contributed by atoms with E-state index in [0.717, 1.165) is 4.90 Å². The van der Waals surface area contributed by atoms with Crippen molar-refractivity contribution < 1.29 is 14.5 Å². The number of amides is 2. The largest absolute Gasteiger partial charge is 0.352 e. The van der Waals surface area contributed by atoms with Crippen LogP contribution in [-0.4, -0.2) is 33.3 Å². The van der Waals surface area contributed by atoms with Gasteiger partial charge in [0.2, 0.25) is 0 Å². The van der Waals surface area contributed by atoms with Crippen LogP contribution in [0.3, 0.4) is 0 Å². The molecule has 0 radical (unpaired) electrons. The van der Waals surface area contributed by atoms with E-state index < -0.39 is 16.7 Å². The molecule has 0 fully saturated rings. The van der Waals surface area contributed by atoms with Crippen molar-refractivity contribution in [2.45, 2.75) is 0 Å². The van der Waals surface area contributed by atoms with Crippen molar-refractivity contribution in [2.24, 2.45) is 0 Å². The number of carbonyl (C=O) groups excluding carboxylic acids is 2. The van der Waals surface area contributed by atoms with E-state index in [-0.39, 0.29) is 23.5 Å². The highest BCUT2D eigenvalue weighted by Gasteiger charge is 2.40. The van der Waals surface area contributed by atoms with E-state index in [1.54, 1.807) is 24.4 Å². The SMILES string of the molecule is O=C1c2cccc([N+](=O)[O-])c2C(=O)N1CNc1ccccn1. The molecule has 0 saturated heterocycles. The molecule has 0 spiro atoms. The highest BCUT2D eigenvalue weighted by molar-refractivity contribution is 6.23. The van der Waals surface area contributed by atoms with Gasteiger partial charge in [0.1, 0.15) is 11.4 Å². The topological polar surface area (TPSA) is 105 Å². The van der Waals surface area contributed by atoms with Gasteiger partial charge in [-0.15, -0.1) is 0 Å². The van der Waals surface area contributed by atoms with E-state index >= 15 is 0 Å². The second-order valence-corrected chi connectivity index (χ2v) is 4.55. The van der Waals surface area contributed by atoms with Crippen molar-refractivity contribution in [3.05, 3.63) is 63.8 Å². The molecular formula is C14H10N4O4. The standard InChI is InChI=1S/C14H10N4O4/c19-13-9-4-3-5-10(18(21)22)12(9)14(20)17(13)8-16-11-6-1-2-7-15-11/h1-7H,8H2,(H,15,16). The number of nitro benzene ring substituents is 1. The maximum atomic E-state index is 12.3. The lowest BCUT2D eigenvalue weighted by Crippen LogP contribution is -2.34. The molecule has 8 nitrogen and oxygen atoms in total. The van der Waals surface area contributed by atoms with E-state index in [2.05, 4.69) is 10.3 Å². The molecule has 0 saturated carbocycles. The Bertz CT molecular complexity index is 776. The molecule has 22 heavy (non-hydrogen) atoms. The third-order valence-electron chi connectivity index (χ3n) is 3.26. The van der Waals surface area contributed by atoms with Crippen molar-refractivity contribution in [3.8, 4) is 0 Å². The summed E-state index contributed by atoms with van der Waals surface area (Å²) < 4.78 is 0. The first-order valence-electron chi connectivity index (χ1n) is 6.38. The number of pyridine rings is 1. The molecule has 1 aromatic heterocycles. The Labute approximate surface area is 124 Å². The van der Waals surface area contributed by atoms with E-state index in [0.29, 0.717) is 5.82 Å². The number of rotatable bonds is 4. The number of nitrogens with one attached hydrogen (secondary N) is 1. The fourth-order valence-corrected chi connectivity index (χ4v) is 2.24. The summed E-state index contributed by atoms with van der Waals surface area (Å²) in [6.45, 7) is -0.111. The lowest BCUT2D eigenvalue weighted by atomic mass is 10.1. The molecule has 2 aromatic rings. The smallest absolute Gasteiger partial charge is 0.282 e. The highest BCUT2D eigenvalue weighted by atomic mass is 16.6. The molecule has 2 amide bonds. The molecule has 8 heteroatoms. The van der Waals surface area contributed by atoms with Gasteiger partial charge in [-0.25, -0.2) is 4.98 Å². The second-order valence-electron chi connectivity index (χ2n) is 4.55. The first-order chi connectivity index (χ1) is 10.6. The maximum absolute atomic E-state index is 12.3. The summed E-state index contributed by atoms with van der Waals surface area (Å²) >= 11 is 0. The van der Waals surface area contributed by atoms with Crippen LogP contribution in [0.2, 0.25) is 0 Å². The Hall–Kier alpha value is -3.29. The molecule has 0 atom stereocenters. The summed E-state index contributed by atoms with van der Waals surface area (Å²) in [6, 6.07) is 9.17. The summed E-state index contributed by atoms with van der Waals surface area (Å²) in [7, 11) is 0. The van der Waals surface area contributed by atoms with E-state index in [4.69, 9.17) is 0 Å². The number of nitrogens with zero attached hydrogens (tertiary/aromatic N) is 3. The Morgan fingerprint density at radius 2 is 1.95 bits per heavy atom. The molecule has 110 valence electrons. The second kappa shape index (κ2) is 5.24. The Balaban J connectivity index is 1.87. The number of imide groups is 1. The molecule has 3 rings (SSSR count). The Morgan fingerprint density at radius 1 is 1.14 bits per heavy atom. The average molecular weight is 298 g/mol. The molecule has 2 heterocycles. The van der Waals surface area contributed by atoms with Crippen LogP contribution in [0.15, 0.2) is 42.6 Å². The first-order valence-corrected chi connectivity index (χ1v) is 6.38. The van der Waals surface area contributed by atoms with Crippen LogP contribution in [0.25, 0.3) is 0 Å². The molecule has 1 aromatic carbocycles. The van der Waals surface area contributed by atoms with E-state index in [9.17, 15) is 19.7 Å². The van der Waals surface area contributed by atoms with Gasteiger partial charge in [0.05, 0.1) is 17.2 Å². The molecule has 0 unspecified atom stereocenters. The van der Waals surface area contributed by atoms with Gasteiger partial charge in [-0.2, -0.15) is 0 Å². The average Bonchev–Trinajstić information content (AvgIpc) is 2.78. The zero-order valence-electron chi connectivity index (χ0n) is 11.2. The fourth-order valence-electron chi connectivity index (χ4n) is 2.24. The van der Waals surface area contributed by atoms with Gasteiger partial charge in [-0.3, -0.25) is 24.6 Å². The van der Waals surface area contributed by atoms with Crippen LogP contribution in [0.1, 0.15) is 20.7 Å². The number of hydrogen-bond donors (Lipinski definition) is 1. The maximum Gasteiger partial charge on any atom is 0.282 e. The van der Waals surface area contributed by atoms with Gasteiger partial charge in [0.15, 0.2) is 0 Å². The number of hydrogen-bond acceptors (Lipinski definition) is 6. The first kappa shape index (κ1) is 13.7. The van der Waals surface area contributed by atoms with Gasteiger partial charge in [-0.05, 0) is 18.2 Å². The van der Waals surface area contributed by atoms with Gasteiger partial charge in [0, 0.05) is 12.3 Å². The minimum absolute atomic E-state index is 0.0435. The normalized spacial score (nSPS) is 13.2. The van der Waals surface area contributed by atoms with Gasteiger partial charge in [-0.1, -0.05) is 12.1 Å². The van der Waals surface area contributed by atoms with Crippen LogP contribution in [0, 0.1) is 10.1 Å². The van der Waals surface area contributed by atoms with Gasteiger partial charge < -0.3 is 5.32 Å². The predicted molar refractivity (Wildman–Crippen MR) is 76.3 cm³/mol. The van der Waals surface area contributed by atoms with Gasteiger partial charge >= 0.3 is 0 Å². The molecule has 1 aliphatic heterocycles. The summed E-state index contributed by atoms with van der Waals surface area (Å²) in [6.07, 6.45) is 1.57. The number of anilines is 1. The predicted octanol–water partition coefficient (Wildman–Crippen LogP) is 1.66. The summed E-state index contributed by atoms with van der Waals surface area (Å²) in [5.41, 5.74) is -0.487. The van der Waals surface area contributed by atoms with Gasteiger partial charge in [0.25, 0.3) is 17.5 Å². The third-order valence-corrected chi connectivity index (χ3v) is 3.26. The van der Waals surface area contributed by atoms with Crippen molar-refractivity contribution >= 4 is 23.3 Å². The number of nitro groups is 1. The number of aromatic nitrogens is 1. The fraction of sp³-hybridized carbons (Fsp3) is 0.0714. The summed E-state index contributed by atoms with van der Waals surface area (Å²) in [5, 5.41) is 13.8. The van der Waals surface area contributed by atoms with E-state index in [1.165, 1.54) is 18.2 Å². The van der Waals surface area contributed by atoms with Crippen LogP contribution in [-0.2, 0) is 0 Å². The Kier molecular flexibility index (Phi) is 3.26. The molecule has 1 aliphatic rings. The van der Waals surface area contributed by atoms with Crippen molar-refractivity contribution in [3.63, 3.8) is 0 Å². The molecular weight excluding hydrogens is 288 g/mol. The van der Waals surface area contributed by atoms with Crippen LogP contribution in [0.4, 0.5) is 11.5 Å². The summed E-state index contributed by atoms with van der Waals surface area (Å²) in [4.78, 5) is 39.8.